The van der Waals surface area contributed by atoms with Gasteiger partial charge in [0.25, 0.3) is 5.92 Å². The summed E-state index contributed by atoms with van der Waals surface area (Å²) in [7, 11) is 0. The SMILES string of the molecule is CC(=O)N1CCC(c2cc(Nc3ncccn3)nc(N3CCC(F)(F)C3)c2)CC1. The number of pyridine rings is 1. The molecule has 0 atom stereocenters. The van der Waals surface area contributed by atoms with E-state index in [1.165, 1.54) is 0 Å². The lowest BCUT2D eigenvalue weighted by Gasteiger charge is -2.32. The average Bonchev–Trinajstić information content (AvgIpc) is 3.08. The number of nitrogens with zero attached hydrogens (tertiary/aromatic N) is 5. The molecule has 4 heterocycles. The Morgan fingerprint density at radius 1 is 1.17 bits per heavy atom. The Morgan fingerprint density at radius 3 is 2.52 bits per heavy atom. The summed E-state index contributed by atoms with van der Waals surface area (Å²) < 4.78 is 27.5. The lowest BCUT2D eigenvalue weighted by atomic mass is 9.89. The zero-order chi connectivity index (χ0) is 20.4. The van der Waals surface area contributed by atoms with E-state index >= 15 is 0 Å². The van der Waals surface area contributed by atoms with Crippen LogP contribution in [0.4, 0.5) is 26.4 Å². The Kier molecular flexibility index (Phi) is 5.29. The smallest absolute Gasteiger partial charge is 0.266 e. The predicted molar refractivity (Wildman–Crippen MR) is 106 cm³/mol. The van der Waals surface area contributed by atoms with Gasteiger partial charge in [0.15, 0.2) is 0 Å². The molecule has 2 saturated heterocycles. The van der Waals surface area contributed by atoms with E-state index < -0.39 is 5.92 Å². The first kappa shape index (κ1) is 19.5. The van der Waals surface area contributed by atoms with Crippen LogP contribution in [0.25, 0.3) is 0 Å². The van der Waals surface area contributed by atoms with Gasteiger partial charge in [-0.3, -0.25) is 4.79 Å². The summed E-state index contributed by atoms with van der Waals surface area (Å²) in [5, 5.41) is 3.08. The number of hydrogen-bond donors (Lipinski definition) is 1. The monoisotopic (exact) mass is 402 g/mol. The fourth-order valence-corrected chi connectivity index (χ4v) is 3.94. The molecule has 0 aliphatic carbocycles. The van der Waals surface area contributed by atoms with Crippen LogP contribution in [0.1, 0.15) is 37.7 Å². The highest BCUT2D eigenvalue weighted by atomic mass is 19.3. The van der Waals surface area contributed by atoms with Gasteiger partial charge < -0.3 is 15.1 Å². The summed E-state index contributed by atoms with van der Waals surface area (Å²) in [6.07, 6.45) is 4.75. The molecule has 2 fully saturated rings. The number of anilines is 3. The number of aromatic nitrogens is 3. The minimum Gasteiger partial charge on any atom is -0.350 e. The molecule has 29 heavy (non-hydrogen) atoms. The second-order valence-corrected chi connectivity index (χ2v) is 7.65. The van der Waals surface area contributed by atoms with Gasteiger partial charge in [0.1, 0.15) is 11.6 Å². The Labute approximate surface area is 168 Å². The van der Waals surface area contributed by atoms with Crippen LogP contribution >= 0.6 is 0 Å². The number of hydrogen-bond acceptors (Lipinski definition) is 6. The fourth-order valence-electron chi connectivity index (χ4n) is 3.94. The van der Waals surface area contributed by atoms with E-state index in [4.69, 9.17) is 0 Å². The molecule has 2 aliphatic rings. The Hall–Kier alpha value is -2.84. The van der Waals surface area contributed by atoms with E-state index in [1.54, 1.807) is 30.3 Å². The number of piperidine rings is 1. The van der Waals surface area contributed by atoms with Gasteiger partial charge in [-0.1, -0.05) is 0 Å². The van der Waals surface area contributed by atoms with Crippen LogP contribution in [0.15, 0.2) is 30.6 Å². The van der Waals surface area contributed by atoms with Crippen molar-refractivity contribution in [2.24, 2.45) is 0 Å². The molecular weight excluding hydrogens is 378 g/mol. The molecule has 1 N–H and O–H groups in total. The minimum absolute atomic E-state index is 0.0850. The lowest BCUT2D eigenvalue weighted by Crippen LogP contribution is -2.36. The second kappa shape index (κ2) is 7.88. The largest absolute Gasteiger partial charge is 0.350 e. The van der Waals surface area contributed by atoms with Crippen LogP contribution in [-0.4, -0.2) is 57.9 Å². The summed E-state index contributed by atoms with van der Waals surface area (Å²) in [6, 6.07) is 5.56. The summed E-state index contributed by atoms with van der Waals surface area (Å²) in [4.78, 5) is 27.9. The Morgan fingerprint density at radius 2 is 1.90 bits per heavy atom. The van der Waals surface area contributed by atoms with Crippen molar-refractivity contribution in [2.45, 2.75) is 38.0 Å². The molecule has 154 valence electrons. The number of halogens is 2. The number of carbonyl (C=O) groups excluding carboxylic acids is 1. The van der Waals surface area contributed by atoms with Crippen molar-refractivity contribution in [3.05, 3.63) is 36.2 Å². The van der Waals surface area contributed by atoms with Crippen molar-refractivity contribution in [3.63, 3.8) is 0 Å². The van der Waals surface area contributed by atoms with Crippen LogP contribution in [0.3, 0.4) is 0 Å². The maximum absolute atomic E-state index is 13.8. The molecule has 0 aromatic carbocycles. The van der Waals surface area contributed by atoms with Gasteiger partial charge >= 0.3 is 0 Å². The molecular formula is C20H24F2N6O. The lowest BCUT2D eigenvalue weighted by molar-refractivity contribution is -0.129. The summed E-state index contributed by atoms with van der Waals surface area (Å²) in [5.74, 6) is -0.892. The molecule has 0 saturated carbocycles. The van der Waals surface area contributed by atoms with Crippen molar-refractivity contribution in [1.82, 2.24) is 19.9 Å². The number of likely N-dealkylation sites (tertiary alicyclic amines) is 1. The minimum atomic E-state index is -2.69. The summed E-state index contributed by atoms with van der Waals surface area (Å²) in [5.41, 5.74) is 1.03. The third kappa shape index (κ3) is 4.60. The molecule has 4 rings (SSSR count). The standard InChI is InChI=1S/C20H24F2N6O/c1-14(29)27-8-3-15(4-9-27)16-11-17(26-19-23-6-2-7-24-19)25-18(12-16)28-10-5-20(21,22)13-28/h2,6-7,11-12,15H,3-5,8-10,13H2,1H3,(H,23,24,25,26). The highest BCUT2D eigenvalue weighted by Crippen LogP contribution is 2.35. The van der Waals surface area contributed by atoms with E-state index in [9.17, 15) is 13.6 Å². The zero-order valence-electron chi connectivity index (χ0n) is 16.3. The van der Waals surface area contributed by atoms with Crippen LogP contribution in [0.5, 0.6) is 0 Å². The van der Waals surface area contributed by atoms with Crippen LogP contribution < -0.4 is 10.2 Å². The van der Waals surface area contributed by atoms with Crippen molar-refractivity contribution in [3.8, 4) is 0 Å². The third-order valence-corrected chi connectivity index (χ3v) is 5.55. The molecule has 2 aromatic heterocycles. The molecule has 2 aromatic rings. The Balaban J connectivity index is 1.60. The maximum atomic E-state index is 13.8. The zero-order valence-corrected chi connectivity index (χ0v) is 16.3. The Bertz CT molecular complexity index is 871. The van der Waals surface area contributed by atoms with E-state index in [-0.39, 0.29) is 31.3 Å². The van der Waals surface area contributed by atoms with E-state index in [2.05, 4.69) is 20.3 Å². The summed E-state index contributed by atoms with van der Waals surface area (Å²) >= 11 is 0. The molecule has 9 heteroatoms. The molecule has 7 nitrogen and oxygen atoms in total. The number of alkyl halides is 2. The van der Waals surface area contributed by atoms with Crippen LogP contribution in [-0.2, 0) is 4.79 Å². The highest BCUT2D eigenvalue weighted by Gasteiger charge is 2.39. The van der Waals surface area contributed by atoms with Crippen molar-refractivity contribution in [1.29, 1.82) is 0 Å². The number of amides is 1. The van der Waals surface area contributed by atoms with Gasteiger partial charge in [-0.25, -0.2) is 23.7 Å². The first-order chi connectivity index (χ1) is 13.9. The molecule has 0 unspecified atom stereocenters. The number of rotatable bonds is 4. The van der Waals surface area contributed by atoms with Crippen molar-refractivity contribution in [2.75, 3.05) is 36.4 Å². The quantitative estimate of drug-likeness (QED) is 0.847. The van der Waals surface area contributed by atoms with Gasteiger partial charge in [0, 0.05) is 45.4 Å². The third-order valence-electron chi connectivity index (χ3n) is 5.55. The van der Waals surface area contributed by atoms with Gasteiger partial charge in [0.2, 0.25) is 11.9 Å². The van der Waals surface area contributed by atoms with Crippen molar-refractivity contribution >= 4 is 23.5 Å². The average molecular weight is 402 g/mol. The van der Waals surface area contributed by atoms with E-state index in [0.717, 1.165) is 18.4 Å². The normalized spacial score (nSPS) is 19.4. The van der Waals surface area contributed by atoms with Gasteiger partial charge in [-0.15, -0.1) is 0 Å². The van der Waals surface area contributed by atoms with Gasteiger partial charge in [-0.2, -0.15) is 0 Å². The predicted octanol–water partition coefficient (Wildman–Crippen LogP) is 3.19. The second-order valence-electron chi connectivity index (χ2n) is 7.65. The highest BCUT2D eigenvalue weighted by molar-refractivity contribution is 5.73. The first-order valence-corrected chi connectivity index (χ1v) is 9.84. The molecule has 2 aliphatic heterocycles. The van der Waals surface area contributed by atoms with Crippen molar-refractivity contribution < 1.29 is 13.6 Å². The van der Waals surface area contributed by atoms with E-state index in [0.29, 0.717) is 30.7 Å². The topological polar surface area (TPSA) is 74.2 Å². The summed E-state index contributed by atoms with van der Waals surface area (Å²) in [6.45, 7) is 2.93. The molecule has 0 spiro atoms. The maximum Gasteiger partial charge on any atom is 0.266 e. The van der Waals surface area contributed by atoms with Crippen LogP contribution in [0, 0.1) is 0 Å². The van der Waals surface area contributed by atoms with Gasteiger partial charge in [0.05, 0.1) is 6.54 Å². The number of nitrogens with one attached hydrogen (secondary N) is 1. The molecule has 0 radical (unpaired) electrons. The number of carbonyl (C=O) groups is 1. The first-order valence-electron chi connectivity index (χ1n) is 9.84. The molecule has 1 amide bonds. The molecule has 0 bridgehead atoms. The fraction of sp³-hybridized carbons (Fsp3) is 0.500. The van der Waals surface area contributed by atoms with Crippen LogP contribution in [0.2, 0.25) is 0 Å². The van der Waals surface area contributed by atoms with Gasteiger partial charge in [-0.05, 0) is 42.5 Å². The van der Waals surface area contributed by atoms with E-state index in [1.807, 2.05) is 17.0 Å².